The van der Waals surface area contributed by atoms with Crippen molar-refractivity contribution in [3.8, 4) is 10.8 Å². The predicted octanol–water partition coefficient (Wildman–Crippen LogP) is 3.16. The molecule has 7 nitrogen and oxygen atoms in total. The Morgan fingerprint density at radius 2 is 2.29 bits per heavy atom. The molecule has 0 fully saturated rings. The van der Waals surface area contributed by atoms with Crippen LogP contribution in [-0.2, 0) is 6.54 Å². The monoisotopic (exact) mass is 338 g/mol. The summed E-state index contributed by atoms with van der Waals surface area (Å²) in [6, 6.07) is 7.91. The summed E-state index contributed by atoms with van der Waals surface area (Å²) in [7, 11) is 0. The number of thiazole rings is 1. The zero-order chi connectivity index (χ0) is 16.5. The highest BCUT2D eigenvalue weighted by Crippen LogP contribution is 2.23. The lowest BCUT2D eigenvalue weighted by Gasteiger charge is -2.05. The third-order valence-electron chi connectivity index (χ3n) is 3.72. The summed E-state index contributed by atoms with van der Waals surface area (Å²) in [4.78, 5) is 20.7. The van der Waals surface area contributed by atoms with Gasteiger partial charge in [0.25, 0.3) is 5.91 Å². The van der Waals surface area contributed by atoms with Gasteiger partial charge in [-0.25, -0.2) is 9.97 Å². The number of hydrogen-bond acceptors (Lipinski definition) is 5. The molecule has 1 amide bonds. The second kappa shape index (κ2) is 5.89. The first-order valence-corrected chi connectivity index (χ1v) is 8.34. The standard InChI is InChI=1S/C16H14N6OS/c1-2-22-6-5-10-7-11(3-4-13(10)22)19-15(23)12-8-24-16(20-12)14-17-9-18-21-14/h3-9H,2H2,1H3,(H,19,23)(H,17,18,21). The third kappa shape index (κ3) is 2.56. The summed E-state index contributed by atoms with van der Waals surface area (Å²) >= 11 is 1.35. The molecule has 120 valence electrons. The molecule has 0 aliphatic rings. The molecule has 4 aromatic rings. The smallest absolute Gasteiger partial charge is 0.275 e. The third-order valence-corrected chi connectivity index (χ3v) is 4.57. The number of nitrogens with one attached hydrogen (secondary N) is 2. The number of benzene rings is 1. The van der Waals surface area contributed by atoms with E-state index in [4.69, 9.17) is 0 Å². The number of fused-ring (bicyclic) bond motifs is 1. The van der Waals surface area contributed by atoms with Gasteiger partial charge in [0.1, 0.15) is 12.0 Å². The number of hydrogen-bond donors (Lipinski definition) is 2. The topological polar surface area (TPSA) is 88.5 Å². The second-order valence-electron chi connectivity index (χ2n) is 5.20. The Labute approximate surface area is 141 Å². The van der Waals surface area contributed by atoms with Gasteiger partial charge in [-0.15, -0.1) is 11.3 Å². The molecule has 2 N–H and O–H groups in total. The minimum absolute atomic E-state index is 0.244. The van der Waals surface area contributed by atoms with Crippen molar-refractivity contribution in [3.05, 3.63) is 47.9 Å². The van der Waals surface area contributed by atoms with Crippen LogP contribution >= 0.6 is 11.3 Å². The molecule has 0 saturated heterocycles. The van der Waals surface area contributed by atoms with E-state index in [2.05, 4.69) is 37.0 Å². The number of carbonyl (C=O) groups excluding carboxylic acids is 1. The van der Waals surface area contributed by atoms with E-state index in [0.717, 1.165) is 23.1 Å². The van der Waals surface area contributed by atoms with Gasteiger partial charge in [0.15, 0.2) is 10.8 Å². The molecule has 0 aliphatic carbocycles. The average Bonchev–Trinajstić information content (AvgIpc) is 3.33. The van der Waals surface area contributed by atoms with Crippen LogP contribution in [0.3, 0.4) is 0 Å². The Hall–Kier alpha value is -3.00. The number of aromatic amines is 1. The number of rotatable bonds is 4. The summed E-state index contributed by atoms with van der Waals surface area (Å²) in [5.41, 5.74) is 2.25. The van der Waals surface area contributed by atoms with Crippen LogP contribution in [0.1, 0.15) is 17.4 Å². The molecule has 0 saturated carbocycles. The first kappa shape index (κ1) is 14.6. The van der Waals surface area contributed by atoms with Crippen LogP contribution in [0.2, 0.25) is 0 Å². The Morgan fingerprint density at radius 1 is 1.38 bits per heavy atom. The van der Waals surface area contributed by atoms with Crippen LogP contribution in [-0.4, -0.2) is 30.6 Å². The summed E-state index contributed by atoms with van der Waals surface area (Å²) < 4.78 is 2.16. The molecule has 0 unspecified atom stereocenters. The Balaban J connectivity index is 1.55. The largest absolute Gasteiger partial charge is 0.348 e. The first-order valence-electron chi connectivity index (χ1n) is 7.46. The van der Waals surface area contributed by atoms with E-state index < -0.39 is 0 Å². The van der Waals surface area contributed by atoms with Crippen LogP contribution in [0.25, 0.3) is 21.7 Å². The van der Waals surface area contributed by atoms with Crippen LogP contribution in [0.15, 0.2) is 42.2 Å². The highest BCUT2D eigenvalue weighted by atomic mass is 32.1. The van der Waals surface area contributed by atoms with Gasteiger partial charge in [-0.05, 0) is 31.2 Å². The average molecular weight is 338 g/mol. The molecule has 0 spiro atoms. The van der Waals surface area contributed by atoms with Crippen molar-refractivity contribution in [1.82, 2.24) is 24.7 Å². The van der Waals surface area contributed by atoms with Gasteiger partial charge in [0, 0.05) is 34.7 Å². The molecule has 0 atom stereocenters. The van der Waals surface area contributed by atoms with E-state index in [1.54, 1.807) is 5.38 Å². The molecular formula is C16H14N6OS. The van der Waals surface area contributed by atoms with Crippen molar-refractivity contribution < 1.29 is 4.79 Å². The number of aryl methyl sites for hydroxylation is 1. The zero-order valence-electron chi connectivity index (χ0n) is 12.9. The van der Waals surface area contributed by atoms with Gasteiger partial charge >= 0.3 is 0 Å². The van der Waals surface area contributed by atoms with E-state index in [1.807, 2.05) is 30.5 Å². The van der Waals surface area contributed by atoms with E-state index in [1.165, 1.54) is 17.7 Å². The number of carbonyl (C=O) groups is 1. The van der Waals surface area contributed by atoms with E-state index in [0.29, 0.717) is 16.5 Å². The van der Waals surface area contributed by atoms with Crippen LogP contribution in [0.5, 0.6) is 0 Å². The van der Waals surface area contributed by atoms with Gasteiger partial charge < -0.3 is 9.88 Å². The molecule has 1 aromatic carbocycles. The van der Waals surface area contributed by atoms with Crippen LogP contribution < -0.4 is 5.32 Å². The maximum absolute atomic E-state index is 12.4. The molecule has 0 aliphatic heterocycles. The maximum Gasteiger partial charge on any atom is 0.275 e. The Bertz CT molecular complexity index is 1000. The Morgan fingerprint density at radius 3 is 3.08 bits per heavy atom. The first-order chi connectivity index (χ1) is 11.7. The summed E-state index contributed by atoms with van der Waals surface area (Å²) in [5, 5.41) is 12.8. The lowest BCUT2D eigenvalue weighted by Crippen LogP contribution is -2.12. The van der Waals surface area contributed by atoms with E-state index in [9.17, 15) is 4.79 Å². The van der Waals surface area contributed by atoms with Gasteiger partial charge in [-0.2, -0.15) is 5.10 Å². The summed E-state index contributed by atoms with van der Waals surface area (Å²) in [6.07, 6.45) is 3.45. The number of aromatic nitrogens is 5. The minimum atomic E-state index is -0.244. The molecule has 0 bridgehead atoms. The Kier molecular flexibility index (Phi) is 3.58. The zero-order valence-corrected chi connectivity index (χ0v) is 13.7. The van der Waals surface area contributed by atoms with Crippen molar-refractivity contribution >= 4 is 33.8 Å². The van der Waals surface area contributed by atoms with E-state index >= 15 is 0 Å². The number of H-pyrrole nitrogens is 1. The fourth-order valence-corrected chi connectivity index (χ4v) is 3.29. The maximum atomic E-state index is 12.4. The summed E-state index contributed by atoms with van der Waals surface area (Å²) in [5.74, 6) is 0.313. The lowest BCUT2D eigenvalue weighted by molar-refractivity contribution is 0.102. The van der Waals surface area contributed by atoms with Gasteiger partial charge in [-0.3, -0.25) is 9.89 Å². The molecule has 8 heteroatoms. The number of nitrogens with zero attached hydrogens (tertiary/aromatic N) is 4. The molecule has 0 radical (unpaired) electrons. The number of anilines is 1. The molecule has 24 heavy (non-hydrogen) atoms. The molecule has 4 rings (SSSR count). The molecule has 3 aromatic heterocycles. The van der Waals surface area contributed by atoms with Crippen LogP contribution in [0, 0.1) is 0 Å². The SMILES string of the molecule is CCn1ccc2cc(NC(=O)c3csc(-c4ncn[nH]4)n3)ccc21. The van der Waals surface area contributed by atoms with Gasteiger partial charge in [-0.1, -0.05) is 0 Å². The van der Waals surface area contributed by atoms with Crippen molar-refractivity contribution in [1.29, 1.82) is 0 Å². The fraction of sp³-hybridized carbons (Fsp3) is 0.125. The highest BCUT2D eigenvalue weighted by molar-refractivity contribution is 7.13. The highest BCUT2D eigenvalue weighted by Gasteiger charge is 2.14. The van der Waals surface area contributed by atoms with E-state index in [-0.39, 0.29) is 5.91 Å². The quantitative estimate of drug-likeness (QED) is 0.598. The van der Waals surface area contributed by atoms with Crippen molar-refractivity contribution in [2.24, 2.45) is 0 Å². The van der Waals surface area contributed by atoms with Crippen molar-refractivity contribution in [2.75, 3.05) is 5.32 Å². The summed E-state index contributed by atoms with van der Waals surface area (Å²) in [6.45, 7) is 3.02. The second-order valence-corrected chi connectivity index (χ2v) is 6.06. The van der Waals surface area contributed by atoms with Gasteiger partial charge in [0.2, 0.25) is 0 Å². The normalized spacial score (nSPS) is 11.0. The number of amides is 1. The fourth-order valence-electron chi connectivity index (χ4n) is 2.54. The van der Waals surface area contributed by atoms with Crippen molar-refractivity contribution in [3.63, 3.8) is 0 Å². The molecular weight excluding hydrogens is 324 g/mol. The minimum Gasteiger partial charge on any atom is -0.348 e. The van der Waals surface area contributed by atoms with Crippen molar-refractivity contribution in [2.45, 2.75) is 13.5 Å². The van der Waals surface area contributed by atoms with Crippen LogP contribution in [0.4, 0.5) is 5.69 Å². The van der Waals surface area contributed by atoms with Gasteiger partial charge in [0.05, 0.1) is 0 Å². The molecule has 3 heterocycles. The lowest BCUT2D eigenvalue weighted by atomic mass is 10.2. The predicted molar refractivity (Wildman–Crippen MR) is 93.1 cm³/mol.